The first-order chi connectivity index (χ1) is 33.2. The predicted octanol–water partition coefficient (Wildman–Crippen LogP) is 4.23. The van der Waals surface area contributed by atoms with Gasteiger partial charge in [-0.25, -0.2) is 9.97 Å². The predicted molar refractivity (Wildman–Crippen MR) is 252 cm³/mol. The van der Waals surface area contributed by atoms with Crippen molar-refractivity contribution in [3.8, 4) is 11.1 Å². The number of ether oxygens (including phenoxy) is 3. The summed E-state index contributed by atoms with van der Waals surface area (Å²) in [5, 5.41) is 10.5. The molecule has 4 aliphatic rings. The van der Waals surface area contributed by atoms with Crippen molar-refractivity contribution in [2.45, 2.75) is 31.5 Å². The van der Waals surface area contributed by atoms with Crippen LogP contribution in [0.1, 0.15) is 61.1 Å². The van der Waals surface area contributed by atoms with Gasteiger partial charge in [0.1, 0.15) is 17.9 Å². The Morgan fingerprint density at radius 1 is 0.765 bits per heavy atom. The summed E-state index contributed by atoms with van der Waals surface area (Å²) in [7, 11) is 0. The molecule has 6 amide bonds. The van der Waals surface area contributed by atoms with E-state index in [4.69, 9.17) is 19.2 Å². The number of imide groups is 2. The van der Waals surface area contributed by atoms with E-state index in [1.54, 1.807) is 34.7 Å². The van der Waals surface area contributed by atoms with Gasteiger partial charge in [-0.3, -0.25) is 49.2 Å². The molecule has 352 valence electrons. The third-order valence-corrected chi connectivity index (χ3v) is 13.1. The van der Waals surface area contributed by atoms with Gasteiger partial charge in [0.05, 0.1) is 50.8 Å². The summed E-state index contributed by atoms with van der Waals surface area (Å²) in [5.41, 5.74) is 5.05. The monoisotopic (exact) mass is 941 g/mol. The number of thiazole rings is 1. The molecule has 0 radical (unpaired) electrons. The zero-order valence-corrected chi connectivity index (χ0v) is 38.1. The number of carbonyl (C=O) groups excluding carboxylic acids is 6. The van der Waals surface area contributed by atoms with Crippen molar-refractivity contribution in [2.75, 3.05) is 94.4 Å². The van der Waals surface area contributed by atoms with Gasteiger partial charge in [-0.2, -0.15) is 0 Å². The third-order valence-electron chi connectivity index (χ3n) is 12.4. The molecule has 4 aliphatic heterocycles. The molecular formula is C49H51N9O9S. The van der Waals surface area contributed by atoms with E-state index in [1.807, 2.05) is 66.9 Å². The fourth-order valence-corrected chi connectivity index (χ4v) is 9.34. The highest BCUT2D eigenvalue weighted by Gasteiger charge is 2.45. The van der Waals surface area contributed by atoms with Crippen LogP contribution < -0.4 is 20.9 Å². The first-order valence-corrected chi connectivity index (χ1v) is 23.6. The summed E-state index contributed by atoms with van der Waals surface area (Å²) in [6.07, 6.45) is 3.66. The lowest BCUT2D eigenvalue weighted by Gasteiger charge is -2.35. The molecule has 6 heterocycles. The second-order valence-corrected chi connectivity index (χ2v) is 17.5. The lowest BCUT2D eigenvalue weighted by Crippen LogP contribution is -2.54. The maximum atomic E-state index is 13.9. The van der Waals surface area contributed by atoms with Crippen LogP contribution in [0.4, 0.5) is 16.6 Å². The summed E-state index contributed by atoms with van der Waals surface area (Å²) >= 11 is 1.33. The van der Waals surface area contributed by atoms with Crippen LogP contribution in [0.3, 0.4) is 0 Å². The number of piperazine rings is 1. The van der Waals surface area contributed by atoms with Crippen LogP contribution >= 0.6 is 11.3 Å². The van der Waals surface area contributed by atoms with E-state index >= 15 is 0 Å². The number of nitrogens with one attached hydrogen (secondary N) is 3. The largest absolute Gasteiger partial charge is 0.383 e. The van der Waals surface area contributed by atoms with Crippen molar-refractivity contribution in [1.29, 1.82) is 0 Å². The molecule has 2 saturated heterocycles. The Labute approximate surface area is 396 Å². The number of fused-ring (bicyclic) bond motifs is 2. The molecule has 3 N–H and O–H groups in total. The zero-order chi connectivity index (χ0) is 47.0. The number of rotatable bonds is 20. The molecule has 5 aromatic rings. The maximum absolute atomic E-state index is 13.9. The molecule has 0 spiro atoms. The summed E-state index contributed by atoms with van der Waals surface area (Å²) in [6.45, 7) is 7.82. The van der Waals surface area contributed by atoms with Crippen molar-refractivity contribution >= 4 is 63.4 Å². The number of hydrogen-bond acceptors (Lipinski definition) is 15. The van der Waals surface area contributed by atoms with E-state index < -0.39 is 35.7 Å². The quantitative estimate of drug-likeness (QED) is 0.0739. The van der Waals surface area contributed by atoms with Crippen LogP contribution in [0.2, 0.25) is 0 Å². The van der Waals surface area contributed by atoms with Crippen LogP contribution in [0.15, 0.2) is 96.6 Å². The number of aromatic nitrogens is 2. The molecule has 19 heteroatoms. The highest BCUT2D eigenvalue weighted by Crippen LogP contribution is 2.35. The van der Waals surface area contributed by atoms with Gasteiger partial charge in [-0.1, -0.05) is 42.5 Å². The average Bonchev–Trinajstić information content (AvgIpc) is 4.05. The van der Waals surface area contributed by atoms with Crippen LogP contribution in [-0.4, -0.2) is 145 Å². The number of hydrogen-bond donors (Lipinski definition) is 3. The van der Waals surface area contributed by atoms with Gasteiger partial charge >= 0.3 is 0 Å². The Balaban J connectivity index is 0.637. The number of nitrogens with zero attached hydrogens (tertiary/aromatic N) is 6. The van der Waals surface area contributed by atoms with Crippen LogP contribution in [0, 0.1) is 0 Å². The van der Waals surface area contributed by atoms with Crippen molar-refractivity contribution in [3.05, 3.63) is 124 Å². The molecular weight excluding hydrogens is 891 g/mol. The van der Waals surface area contributed by atoms with E-state index in [0.29, 0.717) is 69.1 Å². The second kappa shape index (κ2) is 21.4. The number of pyridine rings is 1. The molecule has 3 aromatic carbocycles. The van der Waals surface area contributed by atoms with Gasteiger partial charge in [-0.15, -0.1) is 11.3 Å². The topological polar surface area (TPSA) is 205 Å². The first-order valence-electron chi connectivity index (χ1n) is 22.7. The summed E-state index contributed by atoms with van der Waals surface area (Å²) < 4.78 is 17.2. The van der Waals surface area contributed by atoms with Gasteiger partial charge in [0.2, 0.25) is 11.8 Å². The molecule has 0 bridgehead atoms. The second-order valence-electron chi connectivity index (χ2n) is 16.6. The van der Waals surface area contributed by atoms with Crippen molar-refractivity contribution in [3.63, 3.8) is 0 Å². The molecule has 18 nitrogen and oxygen atoms in total. The number of anilines is 3. The highest BCUT2D eigenvalue weighted by atomic mass is 32.1. The van der Waals surface area contributed by atoms with E-state index in [2.05, 4.69) is 30.7 Å². The lowest BCUT2D eigenvalue weighted by molar-refractivity contribution is -0.136. The van der Waals surface area contributed by atoms with Gasteiger partial charge in [0.25, 0.3) is 23.6 Å². The van der Waals surface area contributed by atoms with Crippen molar-refractivity contribution in [1.82, 2.24) is 30.0 Å². The number of benzene rings is 3. The molecule has 2 aromatic heterocycles. The maximum Gasteiger partial charge on any atom is 0.262 e. The number of carbonyl (C=O) groups is 6. The normalized spacial score (nSPS) is 17.6. The average molecular weight is 942 g/mol. The Kier molecular flexibility index (Phi) is 14.5. The Morgan fingerprint density at radius 3 is 2.25 bits per heavy atom. The summed E-state index contributed by atoms with van der Waals surface area (Å²) in [4.78, 5) is 93.5. The minimum atomic E-state index is -1.00. The van der Waals surface area contributed by atoms with Crippen molar-refractivity contribution < 1.29 is 43.0 Å². The summed E-state index contributed by atoms with van der Waals surface area (Å²) in [5.74, 6) is -1.75. The molecule has 9 rings (SSSR count). The van der Waals surface area contributed by atoms with Gasteiger partial charge in [-0.05, 0) is 59.5 Å². The molecule has 0 saturated carbocycles. The first kappa shape index (κ1) is 46.2. The van der Waals surface area contributed by atoms with Crippen LogP contribution in [-0.2, 0) is 35.1 Å². The molecule has 2 atom stereocenters. The Morgan fingerprint density at radius 2 is 1.51 bits per heavy atom. The standard InChI is InChI=1S/C49H51N9O9S/c59-42-13-11-40(44(60)53-42)58-47(63)37-10-9-36(29-39(37)48(58)64)50-14-21-65-23-25-67-26-24-66-22-20-55-16-18-56(19-17-55)41-12-8-34(30-52-41)33-6-7-35-31-57(46(62)38(35)28-33)43(32-4-2-1-3-5-32)45(61)54-49-51-15-27-68-49/h1-10,12,15,27-30,40,43,50H,11,13-14,16-26,31H2,(H,51,54,61)(H,53,59,60). The van der Waals surface area contributed by atoms with Crippen molar-refractivity contribution in [2.24, 2.45) is 0 Å². The minimum absolute atomic E-state index is 0.0690. The third kappa shape index (κ3) is 10.5. The van der Waals surface area contributed by atoms with E-state index in [-0.39, 0.29) is 35.8 Å². The number of amides is 6. The fraction of sp³-hybridized carbons (Fsp3) is 0.347. The van der Waals surface area contributed by atoms with Crippen LogP contribution in [0.25, 0.3) is 11.1 Å². The lowest BCUT2D eigenvalue weighted by atomic mass is 10.0. The van der Waals surface area contributed by atoms with E-state index in [0.717, 1.165) is 65.7 Å². The van der Waals surface area contributed by atoms with Crippen LogP contribution in [0.5, 0.6) is 0 Å². The molecule has 0 aliphatic carbocycles. The highest BCUT2D eigenvalue weighted by molar-refractivity contribution is 7.13. The van der Waals surface area contributed by atoms with Gasteiger partial charge < -0.3 is 29.3 Å². The zero-order valence-electron chi connectivity index (χ0n) is 37.3. The SMILES string of the molecule is O=C1CCC(N2C(=O)c3ccc(NCCOCCOCCOCCN4CCN(c5ccc(-c6ccc7c(c6)C(=O)N(C(C(=O)Nc6nccs6)c6ccccc6)C7)cn5)CC4)cc3C2=O)C(=O)N1. The minimum Gasteiger partial charge on any atom is -0.383 e. The Bertz CT molecular complexity index is 2640. The van der Waals surface area contributed by atoms with Gasteiger partial charge in [0.15, 0.2) is 5.13 Å². The molecule has 68 heavy (non-hydrogen) atoms. The van der Waals surface area contributed by atoms with E-state index in [1.165, 1.54) is 11.3 Å². The molecule has 2 unspecified atom stereocenters. The smallest absolute Gasteiger partial charge is 0.262 e. The fourth-order valence-electron chi connectivity index (χ4n) is 8.81. The summed E-state index contributed by atoms with van der Waals surface area (Å²) in [6, 6.07) is 22.3. The van der Waals surface area contributed by atoms with E-state index in [9.17, 15) is 28.8 Å². The Hall–Kier alpha value is -6.90. The molecule has 2 fully saturated rings. The van der Waals surface area contributed by atoms with Gasteiger partial charge in [0, 0.05) is 86.8 Å². The number of piperidine rings is 1.